The summed E-state index contributed by atoms with van der Waals surface area (Å²) in [5.74, 6) is 1.62. The van der Waals surface area contributed by atoms with E-state index in [1.54, 1.807) is 25.3 Å². The van der Waals surface area contributed by atoms with Gasteiger partial charge in [0.2, 0.25) is 0 Å². The van der Waals surface area contributed by atoms with E-state index in [1.165, 1.54) is 0 Å². The number of hydrogen-bond donors (Lipinski definition) is 1. The molecule has 0 bridgehead atoms. The van der Waals surface area contributed by atoms with Gasteiger partial charge in [0, 0.05) is 17.5 Å². The second-order valence-corrected chi connectivity index (χ2v) is 8.47. The Labute approximate surface area is 189 Å². The summed E-state index contributed by atoms with van der Waals surface area (Å²) in [6, 6.07) is 14.4. The van der Waals surface area contributed by atoms with Gasteiger partial charge in [-0.05, 0) is 56.5 Å². The number of nitrogens with zero attached hydrogens (tertiary/aromatic N) is 3. The highest BCUT2D eigenvalue weighted by Gasteiger charge is 2.37. The first-order valence-electron chi connectivity index (χ1n) is 11.2. The van der Waals surface area contributed by atoms with Crippen molar-refractivity contribution in [3.63, 3.8) is 0 Å². The van der Waals surface area contributed by atoms with Gasteiger partial charge in [0.15, 0.2) is 5.69 Å². The molecule has 33 heavy (non-hydrogen) atoms. The lowest BCUT2D eigenvalue weighted by Crippen LogP contribution is -2.28. The molecular weight excluding hydrogens is 429 g/mol. The van der Waals surface area contributed by atoms with Crippen LogP contribution in [0.5, 0.6) is 5.75 Å². The van der Waals surface area contributed by atoms with Crippen LogP contribution in [-0.2, 0) is 12.7 Å². The molecule has 1 aliphatic rings. The molecule has 1 aliphatic heterocycles. The molecule has 0 saturated carbocycles. The Morgan fingerprint density at radius 1 is 1.06 bits per heavy atom. The van der Waals surface area contributed by atoms with Crippen molar-refractivity contribution in [2.24, 2.45) is 5.92 Å². The van der Waals surface area contributed by atoms with E-state index in [0.717, 1.165) is 37.9 Å². The molecule has 0 spiro atoms. The van der Waals surface area contributed by atoms with Crippen molar-refractivity contribution in [2.45, 2.75) is 32.0 Å². The van der Waals surface area contributed by atoms with Crippen molar-refractivity contribution in [3.8, 4) is 17.1 Å². The molecule has 0 atom stereocenters. The molecule has 0 amide bonds. The number of imidazole rings is 1. The third-order valence-corrected chi connectivity index (χ3v) is 6.40. The quantitative estimate of drug-likeness (QED) is 0.422. The van der Waals surface area contributed by atoms with Gasteiger partial charge in [0.25, 0.3) is 0 Å². The van der Waals surface area contributed by atoms with Crippen LogP contribution >= 0.6 is 0 Å². The molecule has 4 aromatic rings. The fourth-order valence-corrected chi connectivity index (χ4v) is 4.70. The predicted molar refractivity (Wildman–Crippen MR) is 122 cm³/mol. The molecule has 0 unspecified atom stereocenters. The van der Waals surface area contributed by atoms with E-state index in [1.807, 2.05) is 34.9 Å². The number of hydrogen-bond acceptors (Lipinski definition) is 4. The summed E-state index contributed by atoms with van der Waals surface area (Å²) in [6.07, 6.45) is -1.61. The fourth-order valence-electron chi connectivity index (χ4n) is 4.70. The van der Waals surface area contributed by atoms with E-state index < -0.39 is 11.9 Å². The highest BCUT2D eigenvalue weighted by atomic mass is 19.4. The summed E-state index contributed by atoms with van der Waals surface area (Å²) in [5.41, 5.74) is 0.445. The molecule has 172 valence electrons. The van der Waals surface area contributed by atoms with Gasteiger partial charge in [0.1, 0.15) is 17.1 Å². The van der Waals surface area contributed by atoms with E-state index in [0.29, 0.717) is 34.9 Å². The van der Waals surface area contributed by atoms with Gasteiger partial charge in [-0.25, -0.2) is 9.97 Å². The number of ether oxygens (including phenoxy) is 1. The number of alkyl halides is 3. The lowest BCUT2D eigenvalue weighted by atomic mass is 9.94. The van der Waals surface area contributed by atoms with Gasteiger partial charge in [-0.1, -0.05) is 30.3 Å². The normalized spacial score (nSPS) is 15.4. The number of rotatable bonds is 5. The number of aromatic nitrogens is 3. The van der Waals surface area contributed by atoms with Crippen LogP contribution in [0.2, 0.25) is 0 Å². The summed E-state index contributed by atoms with van der Waals surface area (Å²) < 4.78 is 49.5. The van der Waals surface area contributed by atoms with Crippen molar-refractivity contribution in [3.05, 3.63) is 54.2 Å². The molecule has 1 N–H and O–H groups in total. The second kappa shape index (κ2) is 8.67. The minimum absolute atomic E-state index is 0.118. The zero-order valence-corrected chi connectivity index (χ0v) is 18.3. The zero-order valence-electron chi connectivity index (χ0n) is 18.3. The van der Waals surface area contributed by atoms with Crippen LogP contribution in [0.25, 0.3) is 33.3 Å². The van der Waals surface area contributed by atoms with Crippen LogP contribution in [0.3, 0.4) is 0 Å². The van der Waals surface area contributed by atoms with Crippen molar-refractivity contribution >= 4 is 21.9 Å². The largest absolute Gasteiger partial charge is 0.497 e. The summed E-state index contributed by atoms with van der Waals surface area (Å²) in [6.45, 7) is 2.53. The summed E-state index contributed by atoms with van der Waals surface area (Å²) in [5, 5.41) is 3.98. The van der Waals surface area contributed by atoms with Gasteiger partial charge < -0.3 is 14.6 Å². The third-order valence-electron chi connectivity index (χ3n) is 6.40. The minimum Gasteiger partial charge on any atom is -0.497 e. The number of methoxy groups -OCH3 is 1. The Hall–Kier alpha value is -3.13. The van der Waals surface area contributed by atoms with Crippen molar-refractivity contribution in [2.75, 3.05) is 20.2 Å². The number of aryl methyl sites for hydroxylation is 1. The smallest absolute Gasteiger partial charge is 0.435 e. The van der Waals surface area contributed by atoms with E-state index >= 15 is 0 Å². The zero-order chi connectivity index (χ0) is 23.0. The number of halogens is 3. The molecular formula is C25H25F3N4O. The third kappa shape index (κ3) is 4.15. The standard InChI is InChI=1S/C25H25F3N4O/c1-33-18-7-8-20-19(15-18)22-21(23(30-20)25(26,27)28)31-24(17-5-3-2-4-6-17)32(22)14-11-16-9-12-29-13-10-16/h2-8,15-16,29H,9-14H2,1H3. The molecule has 1 fully saturated rings. The SMILES string of the molecule is COc1ccc2nc(C(F)(F)F)c3nc(-c4ccccc4)n(CCC4CCNCC4)c3c2c1. The number of pyridine rings is 1. The van der Waals surface area contributed by atoms with Crippen LogP contribution in [0, 0.1) is 5.92 Å². The van der Waals surface area contributed by atoms with Gasteiger partial charge in [0.05, 0.1) is 18.1 Å². The first-order chi connectivity index (χ1) is 16.0. The van der Waals surface area contributed by atoms with Crippen LogP contribution in [0.1, 0.15) is 25.0 Å². The number of piperidine rings is 1. The minimum atomic E-state index is -4.62. The molecule has 2 aromatic carbocycles. The van der Waals surface area contributed by atoms with Crippen LogP contribution in [0.4, 0.5) is 13.2 Å². The maximum Gasteiger partial charge on any atom is 0.435 e. The van der Waals surface area contributed by atoms with Crippen LogP contribution < -0.4 is 10.1 Å². The molecule has 0 aliphatic carbocycles. The van der Waals surface area contributed by atoms with E-state index in [-0.39, 0.29) is 11.0 Å². The van der Waals surface area contributed by atoms with Crippen LogP contribution in [-0.4, -0.2) is 34.7 Å². The molecule has 5 rings (SSSR count). The second-order valence-electron chi connectivity index (χ2n) is 8.47. The van der Waals surface area contributed by atoms with Crippen molar-refractivity contribution < 1.29 is 17.9 Å². The fraction of sp³-hybridized carbons (Fsp3) is 0.360. The average Bonchev–Trinajstić information content (AvgIpc) is 3.22. The maximum absolute atomic E-state index is 14.1. The maximum atomic E-state index is 14.1. The highest BCUT2D eigenvalue weighted by Crippen LogP contribution is 2.39. The molecule has 8 heteroatoms. The molecule has 5 nitrogen and oxygen atoms in total. The first kappa shape index (κ1) is 21.7. The van der Waals surface area contributed by atoms with Gasteiger partial charge >= 0.3 is 6.18 Å². The molecule has 0 radical (unpaired) electrons. The molecule has 2 aromatic heterocycles. The Bertz CT molecular complexity index is 1280. The van der Waals surface area contributed by atoms with Gasteiger partial charge in [-0.15, -0.1) is 0 Å². The van der Waals surface area contributed by atoms with E-state index in [4.69, 9.17) is 4.74 Å². The summed E-state index contributed by atoms with van der Waals surface area (Å²) in [4.78, 5) is 8.53. The summed E-state index contributed by atoms with van der Waals surface area (Å²) in [7, 11) is 1.54. The van der Waals surface area contributed by atoms with E-state index in [2.05, 4.69) is 15.3 Å². The topological polar surface area (TPSA) is 52.0 Å². The Morgan fingerprint density at radius 2 is 1.82 bits per heavy atom. The number of nitrogens with one attached hydrogen (secondary N) is 1. The average molecular weight is 454 g/mol. The van der Waals surface area contributed by atoms with Gasteiger partial charge in [-0.2, -0.15) is 13.2 Å². The van der Waals surface area contributed by atoms with Crippen LogP contribution in [0.15, 0.2) is 48.5 Å². The summed E-state index contributed by atoms with van der Waals surface area (Å²) >= 11 is 0. The lowest BCUT2D eigenvalue weighted by molar-refractivity contribution is -0.139. The lowest BCUT2D eigenvalue weighted by Gasteiger charge is -2.23. The molecule has 3 heterocycles. The van der Waals surface area contributed by atoms with Crippen molar-refractivity contribution in [1.82, 2.24) is 19.9 Å². The number of benzene rings is 2. The van der Waals surface area contributed by atoms with Crippen molar-refractivity contribution in [1.29, 1.82) is 0 Å². The van der Waals surface area contributed by atoms with E-state index in [9.17, 15) is 13.2 Å². The highest BCUT2D eigenvalue weighted by molar-refractivity contribution is 6.05. The Balaban J connectivity index is 1.78. The van der Waals surface area contributed by atoms with Gasteiger partial charge in [-0.3, -0.25) is 0 Å². The predicted octanol–water partition coefficient (Wildman–Crippen LogP) is 5.67. The Morgan fingerprint density at radius 3 is 2.52 bits per heavy atom. The number of fused-ring (bicyclic) bond motifs is 3. The Kier molecular flexibility index (Phi) is 5.70. The first-order valence-corrected chi connectivity index (χ1v) is 11.2. The molecule has 1 saturated heterocycles. The monoisotopic (exact) mass is 454 g/mol.